The van der Waals surface area contributed by atoms with Gasteiger partial charge in [-0.05, 0) is 30.9 Å². The van der Waals surface area contributed by atoms with Crippen molar-refractivity contribution >= 4 is 27.5 Å². The van der Waals surface area contributed by atoms with E-state index in [4.69, 9.17) is 10.7 Å². The number of carbonyl (C=O) groups excluding carboxylic acids is 1. The van der Waals surface area contributed by atoms with Gasteiger partial charge in [0, 0.05) is 19.0 Å². The van der Waals surface area contributed by atoms with Crippen LogP contribution in [-0.2, 0) is 4.79 Å². The molecule has 2 heterocycles. The summed E-state index contributed by atoms with van der Waals surface area (Å²) in [4.78, 5) is 19.0. The van der Waals surface area contributed by atoms with E-state index < -0.39 is 0 Å². The van der Waals surface area contributed by atoms with Crippen molar-refractivity contribution in [1.29, 1.82) is 0 Å². The number of piperidine rings is 1. The van der Waals surface area contributed by atoms with Gasteiger partial charge >= 0.3 is 0 Å². The molecule has 1 aliphatic rings. The number of rotatable bonds is 3. The summed E-state index contributed by atoms with van der Waals surface area (Å²) in [5, 5.41) is 1.21. The topological polar surface area (TPSA) is 59.2 Å². The molecule has 5 heteroatoms. The van der Waals surface area contributed by atoms with Crippen LogP contribution < -0.4 is 5.73 Å². The smallest absolute Gasteiger partial charge is 0.239 e. The van der Waals surface area contributed by atoms with Gasteiger partial charge < -0.3 is 10.6 Å². The van der Waals surface area contributed by atoms with Crippen molar-refractivity contribution < 1.29 is 4.79 Å². The van der Waals surface area contributed by atoms with Crippen molar-refractivity contribution in [3.8, 4) is 0 Å². The summed E-state index contributed by atoms with van der Waals surface area (Å²) in [6.07, 6.45) is 1.97. The van der Waals surface area contributed by atoms with E-state index in [1.54, 1.807) is 11.3 Å². The predicted molar refractivity (Wildman–Crippen MR) is 91.0 cm³/mol. The van der Waals surface area contributed by atoms with Gasteiger partial charge in [-0.25, -0.2) is 4.98 Å². The van der Waals surface area contributed by atoms with Gasteiger partial charge in [-0.1, -0.05) is 26.0 Å². The summed E-state index contributed by atoms with van der Waals surface area (Å²) in [5.41, 5.74) is 7.07. The molecule has 0 saturated carbocycles. The molecule has 0 spiro atoms. The number of nitrogens with two attached hydrogens (primary N) is 1. The third-order valence-corrected chi connectivity index (χ3v) is 5.67. The number of carbonyl (C=O) groups is 1. The number of amides is 1. The molecular weight excluding hydrogens is 294 g/mol. The first-order valence-corrected chi connectivity index (χ1v) is 8.77. The molecule has 0 unspecified atom stereocenters. The minimum atomic E-state index is -0.376. The molecule has 1 atom stereocenters. The molecule has 1 saturated heterocycles. The summed E-state index contributed by atoms with van der Waals surface area (Å²) < 4.78 is 1.25. The molecule has 1 aromatic heterocycles. The molecule has 0 bridgehead atoms. The van der Waals surface area contributed by atoms with Crippen molar-refractivity contribution in [3.05, 3.63) is 29.3 Å². The van der Waals surface area contributed by atoms with Crippen LogP contribution >= 0.6 is 11.3 Å². The average molecular weight is 317 g/mol. The Morgan fingerprint density at radius 3 is 2.64 bits per heavy atom. The first-order chi connectivity index (χ1) is 10.6. The number of hydrogen-bond acceptors (Lipinski definition) is 4. The Morgan fingerprint density at radius 2 is 2.00 bits per heavy atom. The van der Waals surface area contributed by atoms with E-state index in [0.29, 0.717) is 5.92 Å². The lowest BCUT2D eigenvalue weighted by atomic mass is 9.96. The van der Waals surface area contributed by atoms with Crippen LogP contribution in [0.3, 0.4) is 0 Å². The fourth-order valence-corrected chi connectivity index (χ4v) is 4.04. The standard InChI is InChI=1S/C17H23N3OS/c1-11(2)15(18)17(21)20-9-7-12(8-10-20)16-19-13-5-3-4-6-14(13)22-16/h3-6,11-12,15H,7-10,18H2,1-2H3/t15-/m0/s1. The summed E-state index contributed by atoms with van der Waals surface area (Å²) in [5.74, 6) is 0.754. The van der Waals surface area contributed by atoms with Crippen molar-refractivity contribution in [1.82, 2.24) is 9.88 Å². The number of thiazole rings is 1. The molecule has 1 amide bonds. The van der Waals surface area contributed by atoms with Crippen molar-refractivity contribution in [2.75, 3.05) is 13.1 Å². The van der Waals surface area contributed by atoms with E-state index in [2.05, 4.69) is 18.2 Å². The quantitative estimate of drug-likeness (QED) is 0.947. The van der Waals surface area contributed by atoms with Crippen LogP contribution in [0.4, 0.5) is 0 Å². The van der Waals surface area contributed by atoms with E-state index in [0.717, 1.165) is 31.4 Å². The molecule has 1 aromatic carbocycles. The van der Waals surface area contributed by atoms with Crippen LogP contribution in [0.25, 0.3) is 10.2 Å². The van der Waals surface area contributed by atoms with Crippen molar-refractivity contribution in [3.63, 3.8) is 0 Å². The second-order valence-corrected chi connectivity index (χ2v) is 7.45. The highest BCUT2D eigenvalue weighted by atomic mass is 32.1. The van der Waals surface area contributed by atoms with Gasteiger partial charge in [-0.2, -0.15) is 0 Å². The molecule has 0 radical (unpaired) electrons. The maximum absolute atomic E-state index is 12.3. The van der Waals surface area contributed by atoms with Gasteiger partial charge in [-0.15, -0.1) is 11.3 Å². The third-order valence-electron chi connectivity index (χ3n) is 4.47. The monoisotopic (exact) mass is 317 g/mol. The van der Waals surface area contributed by atoms with Crippen LogP contribution in [0.2, 0.25) is 0 Å². The predicted octanol–water partition coefficient (Wildman–Crippen LogP) is 2.99. The van der Waals surface area contributed by atoms with Gasteiger partial charge in [-0.3, -0.25) is 4.79 Å². The van der Waals surface area contributed by atoms with Crippen molar-refractivity contribution in [2.24, 2.45) is 11.7 Å². The van der Waals surface area contributed by atoms with E-state index >= 15 is 0 Å². The summed E-state index contributed by atoms with van der Waals surface area (Å²) in [6, 6.07) is 7.89. The van der Waals surface area contributed by atoms with Crippen LogP contribution in [0.1, 0.15) is 37.6 Å². The molecule has 1 aliphatic heterocycles. The van der Waals surface area contributed by atoms with E-state index in [1.165, 1.54) is 9.71 Å². The zero-order valence-corrected chi connectivity index (χ0v) is 14.0. The molecular formula is C17H23N3OS. The highest BCUT2D eigenvalue weighted by molar-refractivity contribution is 7.18. The second kappa shape index (κ2) is 6.34. The first-order valence-electron chi connectivity index (χ1n) is 7.96. The zero-order valence-electron chi connectivity index (χ0n) is 13.2. The number of nitrogens with zero attached hydrogens (tertiary/aromatic N) is 2. The van der Waals surface area contributed by atoms with Gasteiger partial charge in [0.2, 0.25) is 5.91 Å². The van der Waals surface area contributed by atoms with E-state index in [9.17, 15) is 4.79 Å². The summed E-state index contributed by atoms with van der Waals surface area (Å²) in [6.45, 7) is 5.58. The Hall–Kier alpha value is -1.46. The summed E-state index contributed by atoms with van der Waals surface area (Å²) >= 11 is 1.79. The van der Waals surface area contributed by atoms with Crippen LogP contribution in [0, 0.1) is 5.92 Å². The third kappa shape index (κ3) is 3.01. The number of likely N-dealkylation sites (tertiary alicyclic amines) is 1. The SMILES string of the molecule is CC(C)[C@H](N)C(=O)N1CCC(c2nc3ccccc3s2)CC1. The number of fused-ring (bicyclic) bond motifs is 1. The highest BCUT2D eigenvalue weighted by Crippen LogP contribution is 2.33. The Labute approximate surface area is 135 Å². The van der Waals surface area contributed by atoms with Crippen LogP contribution in [0.15, 0.2) is 24.3 Å². The van der Waals surface area contributed by atoms with Crippen LogP contribution in [-0.4, -0.2) is 34.9 Å². The summed E-state index contributed by atoms with van der Waals surface area (Å²) in [7, 11) is 0. The zero-order chi connectivity index (χ0) is 15.7. The fraction of sp³-hybridized carbons (Fsp3) is 0.529. The maximum atomic E-state index is 12.3. The first kappa shape index (κ1) is 15.4. The Bertz CT molecular complexity index is 626. The molecule has 22 heavy (non-hydrogen) atoms. The molecule has 0 aliphatic carbocycles. The molecule has 4 nitrogen and oxygen atoms in total. The molecule has 2 aromatic rings. The Morgan fingerprint density at radius 1 is 1.32 bits per heavy atom. The minimum absolute atomic E-state index is 0.0951. The normalized spacial score (nSPS) is 18.1. The van der Waals surface area contributed by atoms with Gasteiger partial charge in [0.05, 0.1) is 21.3 Å². The number of hydrogen-bond donors (Lipinski definition) is 1. The van der Waals surface area contributed by atoms with Crippen LogP contribution in [0.5, 0.6) is 0 Å². The highest BCUT2D eigenvalue weighted by Gasteiger charge is 2.29. The Balaban J connectivity index is 1.65. The average Bonchev–Trinajstić information content (AvgIpc) is 2.97. The largest absolute Gasteiger partial charge is 0.341 e. The van der Waals surface area contributed by atoms with E-state index in [1.807, 2.05) is 24.8 Å². The number of benzene rings is 1. The van der Waals surface area contributed by atoms with Gasteiger partial charge in [0.1, 0.15) is 0 Å². The fourth-order valence-electron chi connectivity index (χ4n) is 2.91. The van der Waals surface area contributed by atoms with Gasteiger partial charge in [0.15, 0.2) is 0 Å². The molecule has 1 fully saturated rings. The molecule has 2 N–H and O–H groups in total. The van der Waals surface area contributed by atoms with Crippen molar-refractivity contribution in [2.45, 2.75) is 38.6 Å². The Kier molecular flexibility index (Phi) is 4.45. The number of para-hydroxylation sites is 1. The van der Waals surface area contributed by atoms with Gasteiger partial charge in [0.25, 0.3) is 0 Å². The second-order valence-electron chi connectivity index (χ2n) is 6.39. The lowest BCUT2D eigenvalue weighted by Gasteiger charge is -2.33. The maximum Gasteiger partial charge on any atom is 0.239 e. The lowest BCUT2D eigenvalue weighted by molar-refractivity contribution is -0.134. The lowest BCUT2D eigenvalue weighted by Crippen LogP contribution is -2.49. The number of aromatic nitrogens is 1. The molecule has 118 valence electrons. The minimum Gasteiger partial charge on any atom is -0.341 e. The molecule has 3 rings (SSSR count). The van der Waals surface area contributed by atoms with E-state index in [-0.39, 0.29) is 17.9 Å².